The molecule has 0 saturated heterocycles. The summed E-state index contributed by atoms with van der Waals surface area (Å²) < 4.78 is 0. The third kappa shape index (κ3) is 3.00. The van der Waals surface area contributed by atoms with Crippen molar-refractivity contribution >= 4 is 23.2 Å². The molecule has 1 heterocycles. The number of allylic oxidation sites excluding steroid dienone is 3. The van der Waals surface area contributed by atoms with Crippen LogP contribution in [0.1, 0.15) is 17.3 Å². The average Bonchev–Trinajstić information content (AvgIpc) is 2.93. The van der Waals surface area contributed by atoms with Crippen molar-refractivity contribution in [2.24, 2.45) is 0 Å². The van der Waals surface area contributed by atoms with Gasteiger partial charge in [0, 0.05) is 17.0 Å². The van der Waals surface area contributed by atoms with Crippen molar-refractivity contribution < 1.29 is 4.79 Å². The second-order valence-electron chi connectivity index (χ2n) is 4.91. The van der Waals surface area contributed by atoms with Gasteiger partial charge in [-0.3, -0.25) is 4.79 Å². The molecule has 0 atom stereocenters. The standard InChI is InChI=1S/C19H17NOS/c1-2-20-16-11-6-7-13-18(16)22-19(20)14-8-12-17(21)15-9-4-3-5-10-15/h3-14H,2H2,1H3/b12-8+,19-14-. The Morgan fingerprint density at radius 2 is 1.82 bits per heavy atom. The fourth-order valence-corrected chi connectivity index (χ4v) is 3.56. The smallest absolute Gasteiger partial charge is 0.185 e. The number of para-hydroxylation sites is 1. The summed E-state index contributed by atoms with van der Waals surface area (Å²) in [7, 11) is 0. The van der Waals surface area contributed by atoms with Crippen LogP contribution in [0.15, 0.2) is 82.7 Å². The molecular weight excluding hydrogens is 290 g/mol. The number of carbonyl (C=O) groups excluding carboxylic acids is 1. The third-order valence-corrected chi connectivity index (χ3v) is 4.63. The van der Waals surface area contributed by atoms with Crippen LogP contribution in [0, 0.1) is 0 Å². The lowest BCUT2D eigenvalue weighted by Crippen LogP contribution is -2.16. The predicted octanol–water partition coefficient (Wildman–Crippen LogP) is 4.90. The minimum atomic E-state index is 0.0287. The summed E-state index contributed by atoms with van der Waals surface area (Å²) >= 11 is 1.74. The number of hydrogen-bond acceptors (Lipinski definition) is 3. The summed E-state index contributed by atoms with van der Waals surface area (Å²) in [5.41, 5.74) is 1.95. The first-order valence-electron chi connectivity index (χ1n) is 7.31. The van der Waals surface area contributed by atoms with Crippen molar-refractivity contribution in [3.05, 3.63) is 83.4 Å². The van der Waals surface area contributed by atoms with Gasteiger partial charge in [-0.1, -0.05) is 60.3 Å². The summed E-state index contributed by atoms with van der Waals surface area (Å²) in [5.74, 6) is 0.0287. The molecule has 1 aliphatic rings. The summed E-state index contributed by atoms with van der Waals surface area (Å²) in [6.45, 7) is 3.05. The molecule has 110 valence electrons. The summed E-state index contributed by atoms with van der Waals surface area (Å²) in [4.78, 5) is 15.6. The molecule has 2 aromatic rings. The maximum atomic E-state index is 12.1. The number of hydrogen-bond donors (Lipinski definition) is 0. The van der Waals surface area contributed by atoms with Crippen molar-refractivity contribution in [1.29, 1.82) is 0 Å². The first-order chi connectivity index (χ1) is 10.8. The molecule has 0 aromatic heterocycles. The highest BCUT2D eigenvalue weighted by atomic mass is 32.2. The molecule has 0 bridgehead atoms. The van der Waals surface area contributed by atoms with Crippen molar-refractivity contribution in [3.63, 3.8) is 0 Å². The van der Waals surface area contributed by atoms with Crippen LogP contribution in [0.5, 0.6) is 0 Å². The number of fused-ring (bicyclic) bond motifs is 1. The highest BCUT2D eigenvalue weighted by Crippen LogP contribution is 2.45. The van der Waals surface area contributed by atoms with Gasteiger partial charge in [0.2, 0.25) is 0 Å². The molecule has 0 fully saturated rings. The van der Waals surface area contributed by atoms with Crippen molar-refractivity contribution in [1.82, 2.24) is 0 Å². The van der Waals surface area contributed by atoms with E-state index in [1.807, 2.05) is 42.5 Å². The maximum absolute atomic E-state index is 12.1. The second kappa shape index (κ2) is 6.67. The number of benzene rings is 2. The Balaban J connectivity index is 1.76. The summed E-state index contributed by atoms with van der Waals surface area (Å²) in [6.07, 6.45) is 5.47. The quantitative estimate of drug-likeness (QED) is 0.592. The Kier molecular flexibility index (Phi) is 4.45. The molecule has 2 nitrogen and oxygen atoms in total. The summed E-state index contributed by atoms with van der Waals surface area (Å²) in [5, 5.41) is 1.15. The second-order valence-corrected chi connectivity index (χ2v) is 5.97. The number of nitrogens with zero attached hydrogens (tertiary/aromatic N) is 1. The van der Waals surface area contributed by atoms with Gasteiger partial charge < -0.3 is 4.90 Å². The Morgan fingerprint density at radius 1 is 1.09 bits per heavy atom. The summed E-state index contributed by atoms with van der Waals surface area (Å²) in [6, 6.07) is 17.7. The fourth-order valence-electron chi connectivity index (χ4n) is 2.42. The first-order valence-corrected chi connectivity index (χ1v) is 8.13. The van der Waals surface area contributed by atoms with Gasteiger partial charge in [0.25, 0.3) is 0 Å². The van der Waals surface area contributed by atoms with Crippen LogP contribution >= 0.6 is 11.8 Å². The van der Waals surface area contributed by atoms with E-state index in [-0.39, 0.29) is 5.78 Å². The van der Waals surface area contributed by atoms with Crippen LogP contribution in [0.2, 0.25) is 0 Å². The molecule has 0 saturated carbocycles. The van der Waals surface area contributed by atoms with E-state index in [0.717, 1.165) is 11.6 Å². The third-order valence-electron chi connectivity index (χ3n) is 3.50. The zero-order valence-corrected chi connectivity index (χ0v) is 13.2. The molecule has 0 radical (unpaired) electrons. The zero-order chi connectivity index (χ0) is 15.4. The Morgan fingerprint density at radius 3 is 2.59 bits per heavy atom. The number of rotatable bonds is 4. The minimum absolute atomic E-state index is 0.0287. The van der Waals surface area contributed by atoms with Crippen molar-refractivity contribution in [2.45, 2.75) is 11.8 Å². The molecule has 0 amide bonds. The van der Waals surface area contributed by atoms with Gasteiger partial charge in [-0.15, -0.1) is 0 Å². The minimum Gasteiger partial charge on any atom is -0.335 e. The lowest BCUT2D eigenvalue weighted by atomic mass is 10.1. The van der Waals surface area contributed by atoms with Gasteiger partial charge in [0.05, 0.1) is 10.7 Å². The molecule has 22 heavy (non-hydrogen) atoms. The van der Waals surface area contributed by atoms with Crippen molar-refractivity contribution in [2.75, 3.05) is 11.4 Å². The van der Waals surface area contributed by atoms with E-state index in [9.17, 15) is 4.79 Å². The molecular formula is C19H17NOS. The molecule has 0 spiro atoms. The normalized spacial score (nSPS) is 15.5. The van der Waals surface area contributed by atoms with Gasteiger partial charge in [-0.25, -0.2) is 0 Å². The van der Waals surface area contributed by atoms with Gasteiger partial charge in [-0.2, -0.15) is 0 Å². The molecule has 3 rings (SSSR count). The average molecular weight is 307 g/mol. The van der Waals surface area contributed by atoms with E-state index in [1.165, 1.54) is 10.6 Å². The monoisotopic (exact) mass is 307 g/mol. The molecule has 0 aliphatic carbocycles. The first kappa shape index (κ1) is 14.7. The number of thioether (sulfide) groups is 1. The number of carbonyl (C=O) groups is 1. The van der Waals surface area contributed by atoms with Gasteiger partial charge in [-0.05, 0) is 31.2 Å². The van der Waals surface area contributed by atoms with Crippen molar-refractivity contribution in [3.8, 4) is 0 Å². The Labute approximate surface area is 135 Å². The molecule has 2 aromatic carbocycles. The highest BCUT2D eigenvalue weighted by molar-refractivity contribution is 8.03. The van der Waals surface area contributed by atoms with E-state index in [1.54, 1.807) is 17.8 Å². The van der Waals surface area contributed by atoms with Crippen LogP contribution in [0.25, 0.3) is 0 Å². The molecule has 1 aliphatic heterocycles. The van der Waals surface area contributed by atoms with Crippen LogP contribution in [-0.4, -0.2) is 12.3 Å². The maximum Gasteiger partial charge on any atom is 0.185 e. The van der Waals surface area contributed by atoms with Crippen LogP contribution in [-0.2, 0) is 0 Å². The van der Waals surface area contributed by atoms with Gasteiger partial charge in [0.1, 0.15) is 0 Å². The van der Waals surface area contributed by atoms with Gasteiger partial charge in [0.15, 0.2) is 5.78 Å². The predicted molar refractivity (Wildman–Crippen MR) is 93.3 cm³/mol. The van der Waals surface area contributed by atoms with Gasteiger partial charge >= 0.3 is 0 Å². The van der Waals surface area contributed by atoms with Crippen LogP contribution in [0.3, 0.4) is 0 Å². The zero-order valence-electron chi connectivity index (χ0n) is 12.4. The van der Waals surface area contributed by atoms with Crippen LogP contribution in [0.4, 0.5) is 5.69 Å². The van der Waals surface area contributed by atoms with Crippen LogP contribution < -0.4 is 4.90 Å². The molecule has 0 N–H and O–H groups in total. The lowest BCUT2D eigenvalue weighted by molar-refractivity contribution is 0.104. The van der Waals surface area contributed by atoms with E-state index in [0.29, 0.717) is 5.56 Å². The molecule has 0 unspecified atom stereocenters. The SMILES string of the molecule is CCN1/C(=C/C=C/C(=O)c2ccccc2)Sc2ccccc21. The van der Waals surface area contributed by atoms with E-state index < -0.39 is 0 Å². The lowest BCUT2D eigenvalue weighted by Gasteiger charge is -2.17. The highest BCUT2D eigenvalue weighted by Gasteiger charge is 2.22. The molecule has 3 heteroatoms. The topological polar surface area (TPSA) is 20.3 Å². The van der Waals surface area contributed by atoms with E-state index >= 15 is 0 Å². The largest absolute Gasteiger partial charge is 0.335 e. The number of ketones is 1. The van der Waals surface area contributed by atoms with E-state index in [2.05, 4.69) is 36.1 Å². The Bertz CT molecular complexity index is 734. The van der Waals surface area contributed by atoms with E-state index in [4.69, 9.17) is 0 Å². The number of anilines is 1. The fraction of sp³-hybridized carbons (Fsp3) is 0.105. The Hall–Kier alpha value is -2.26.